The summed E-state index contributed by atoms with van der Waals surface area (Å²) in [5.74, 6) is 0. The van der Waals surface area contributed by atoms with Gasteiger partial charge in [-0.2, -0.15) is 5.26 Å². The van der Waals surface area contributed by atoms with Gasteiger partial charge in [-0.25, -0.2) is 8.42 Å². The Morgan fingerprint density at radius 2 is 1.62 bits per heavy atom. The van der Waals surface area contributed by atoms with Gasteiger partial charge < -0.3 is 4.90 Å². The highest BCUT2D eigenvalue weighted by Crippen LogP contribution is 2.24. The number of allylic oxidation sites excluding steroid dienone is 1. The summed E-state index contributed by atoms with van der Waals surface area (Å²) >= 11 is 0. The van der Waals surface area contributed by atoms with Crippen molar-refractivity contribution in [3.8, 4) is 6.07 Å². The van der Waals surface area contributed by atoms with E-state index in [0.29, 0.717) is 5.56 Å². The van der Waals surface area contributed by atoms with Gasteiger partial charge in [-0.05, 0) is 62.1 Å². The van der Waals surface area contributed by atoms with Gasteiger partial charge in [0.15, 0.2) is 0 Å². The molecule has 1 heterocycles. The molecular weight excluding hydrogens is 344 g/mol. The first-order valence-corrected chi connectivity index (χ1v) is 10.3. The molecule has 4 nitrogen and oxygen atoms in total. The summed E-state index contributed by atoms with van der Waals surface area (Å²) < 4.78 is 25.4. The van der Waals surface area contributed by atoms with Crippen molar-refractivity contribution in [2.75, 3.05) is 18.0 Å². The Labute approximate surface area is 155 Å². The van der Waals surface area contributed by atoms with E-state index in [9.17, 15) is 13.7 Å². The molecule has 26 heavy (non-hydrogen) atoms. The lowest BCUT2D eigenvalue weighted by molar-refractivity contribution is 0.578. The molecule has 3 rings (SSSR count). The zero-order chi connectivity index (χ0) is 18.6. The first-order valence-electron chi connectivity index (χ1n) is 8.79. The van der Waals surface area contributed by atoms with Gasteiger partial charge in [0.1, 0.15) is 11.0 Å². The summed E-state index contributed by atoms with van der Waals surface area (Å²) in [5, 5.41) is 9.39. The summed E-state index contributed by atoms with van der Waals surface area (Å²) in [5.41, 5.74) is 2.82. The molecule has 0 unspecified atom stereocenters. The number of sulfone groups is 1. The lowest BCUT2D eigenvalue weighted by Crippen LogP contribution is -2.29. The van der Waals surface area contributed by atoms with Crippen LogP contribution in [0.15, 0.2) is 58.3 Å². The fourth-order valence-electron chi connectivity index (χ4n) is 3.10. The van der Waals surface area contributed by atoms with Crippen LogP contribution >= 0.6 is 0 Å². The Kier molecular flexibility index (Phi) is 5.43. The first kappa shape index (κ1) is 18.2. The molecule has 1 aliphatic rings. The fourth-order valence-corrected chi connectivity index (χ4v) is 4.26. The number of nitriles is 1. The van der Waals surface area contributed by atoms with Crippen LogP contribution in [0, 0.1) is 18.3 Å². The molecule has 0 radical (unpaired) electrons. The highest BCUT2D eigenvalue weighted by atomic mass is 32.2. The summed E-state index contributed by atoms with van der Waals surface area (Å²) in [4.78, 5) is 2.23. The molecule has 2 aromatic carbocycles. The second kappa shape index (κ2) is 7.76. The molecule has 0 saturated carbocycles. The van der Waals surface area contributed by atoms with Crippen molar-refractivity contribution >= 4 is 21.6 Å². The van der Waals surface area contributed by atoms with Crippen LogP contribution in [-0.2, 0) is 9.84 Å². The molecule has 1 fully saturated rings. The zero-order valence-electron chi connectivity index (χ0n) is 14.9. The largest absolute Gasteiger partial charge is 0.372 e. The number of benzene rings is 2. The van der Waals surface area contributed by atoms with E-state index in [0.717, 1.165) is 24.3 Å². The Bertz CT molecular complexity index is 931. The Hall–Kier alpha value is -2.58. The van der Waals surface area contributed by atoms with Gasteiger partial charge in [-0.15, -0.1) is 0 Å². The molecule has 0 spiro atoms. The third kappa shape index (κ3) is 3.97. The smallest absolute Gasteiger partial charge is 0.216 e. The van der Waals surface area contributed by atoms with Gasteiger partial charge in [0.2, 0.25) is 9.84 Å². The van der Waals surface area contributed by atoms with Gasteiger partial charge >= 0.3 is 0 Å². The molecule has 5 heteroatoms. The lowest BCUT2D eigenvalue weighted by Gasteiger charge is -2.28. The van der Waals surface area contributed by atoms with Gasteiger partial charge in [-0.3, -0.25) is 0 Å². The van der Waals surface area contributed by atoms with Gasteiger partial charge in [-0.1, -0.05) is 29.8 Å². The number of rotatable bonds is 4. The van der Waals surface area contributed by atoms with E-state index in [2.05, 4.69) is 4.90 Å². The highest BCUT2D eigenvalue weighted by molar-refractivity contribution is 7.95. The number of nitrogens with zero attached hydrogens (tertiary/aromatic N) is 2. The maximum absolute atomic E-state index is 12.7. The standard InChI is InChI=1S/C21H22N2O2S/c1-17-5-11-20(12-6-17)26(24,25)21(16-22)15-18-7-9-19(10-8-18)23-13-3-2-4-14-23/h5-12,15H,2-4,13-14H2,1H3/b21-15+. The van der Waals surface area contributed by atoms with Crippen molar-refractivity contribution in [2.45, 2.75) is 31.1 Å². The van der Waals surface area contributed by atoms with Crippen LogP contribution < -0.4 is 4.90 Å². The van der Waals surface area contributed by atoms with Crippen LogP contribution in [0.1, 0.15) is 30.4 Å². The van der Waals surface area contributed by atoms with Gasteiger partial charge in [0, 0.05) is 18.8 Å². The Morgan fingerprint density at radius 1 is 1.00 bits per heavy atom. The normalized spacial score (nSPS) is 15.5. The average Bonchev–Trinajstić information content (AvgIpc) is 2.67. The quantitative estimate of drug-likeness (QED) is 0.756. The Morgan fingerprint density at radius 3 is 2.19 bits per heavy atom. The van der Waals surface area contributed by atoms with Crippen molar-refractivity contribution in [2.24, 2.45) is 0 Å². The molecule has 0 atom stereocenters. The summed E-state index contributed by atoms with van der Waals surface area (Å²) in [6, 6.07) is 16.1. The molecule has 0 amide bonds. The molecule has 2 aromatic rings. The minimum absolute atomic E-state index is 0.140. The minimum atomic E-state index is -3.81. The van der Waals surface area contributed by atoms with Crippen LogP contribution in [0.3, 0.4) is 0 Å². The maximum atomic E-state index is 12.7. The van der Waals surface area contributed by atoms with E-state index in [1.165, 1.54) is 37.5 Å². The van der Waals surface area contributed by atoms with Crippen LogP contribution in [0.2, 0.25) is 0 Å². The fraction of sp³-hybridized carbons (Fsp3) is 0.286. The van der Waals surface area contributed by atoms with E-state index >= 15 is 0 Å². The number of anilines is 1. The molecule has 0 aromatic heterocycles. The number of piperidine rings is 1. The van der Waals surface area contributed by atoms with E-state index in [4.69, 9.17) is 0 Å². The second-order valence-corrected chi connectivity index (χ2v) is 8.49. The summed E-state index contributed by atoms with van der Waals surface area (Å²) in [7, 11) is -3.81. The second-order valence-electron chi connectivity index (χ2n) is 6.58. The van der Waals surface area contributed by atoms with Crippen LogP contribution in [0.25, 0.3) is 6.08 Å². The van der Waals surface area contributed by atoms with Gasteiger partial charge in [0.05, 0.1) is 4.90 Å². The topological polar surface area (TPSA) is 61.2 Å². The third-order valence-electron chi connectivity index (χ3n) is 4.64. The number of hydrogen-bond donors (Lipinski definition) is 0. The van der Waals surface area contributed by atoms with Crippen LogP contribution in [0.5, 0.6) is 0 Å². The van der Waals surface area contributed by atoms with Crippen molar-refractivity contribution in [3.63, 3.8) is 0 Å². The van der Waals surface area contributed by atoms with E-state index in [-0.39, 0.29) is 9.80 Å². The summed E-state index contributed by atoms with van der Waals surface area (Å²) in [6.45, 7) is 4.00. The summed E-state index contributed by atoms with van der Waals surface area (Å²) in [6.07, 6.45) is 5.12. The minimum Gasteiger partial charge on any atom is -0.372 e. The van der Waals surface area contributed by atoms with Crippen molar-refractivity contribution in [1.29, 1.82) is 5.26 Å². The van der Waals surface area contributed by atoms with Crippen LogP contribution in [-0.4, -0.2) is 21.5 Å². The van der Waals surface area contributed by atoms with Crippen LogP contribution in [0.4, 0.5) is 5.69 Å². The van der Waals surface area contributed by atoms with E-state index in [1.54, 1.807) is 12.1 Å². The van der Waals surface area contributed by atoms with Crippen molar-refractivity contribution in [3.05, 3.63) is 64.6 Å². The zero-order valence-corrected chi connectivity index (χ0v) is 15.7. The average molecular weight is 366 g/mol. The molecular formula is C21H22N2O2S. The molecule has 0 N–H and O–H groups in total. The predicted octanol–water partition coefficient (Wildman–Crippen LogP) is 4.32. The van der Waals surface area contributed by atoms with Crippen molar-refractivity contribution in [1.82, 2.24) is 0 Å². The molecule has 134 valence electrons. The van der Waals surface area contributed by atoms with E-state index in [1.807, 2.05) is 37.3 Å². The number of hydrogen-bond acceptors (Lipinski definition) is 4. The maximum Gasteiger partial charge on any atom is 0.216 e. The Balaban J connectivity index is 1.86. The molecule has 0 bridgehead atoms. The monoisotopic (exact) mass is 366 g/mol. The molecule has 1 saturated heterocycles. The first-order chi connectivity index (χ1) is 12.5. The predicted molar refractivity (Wildman–Crippen MR) is 104 cm³/mol. The highest BCUT2D eigenvalue weighted by Gasteiger charge is 2.20. The van der Waals surface area contributed by atoms with Gasteiger partial charge in [0.25, 0.3) is 0 Å². The third-order valence-corrected chi connectivity index (χ3v) is 6.32. The lowest BCUT2D eigenvalue weighted by atomic mass is 10.1. The molecule has 0 aliphatic carbocycles. The van der Waals surface area contributed by atoms with Crippen molar-refractivity contribution < 1.29 is 8.42 Å². The molecule has 1 aliphatic heterocycles. The van der Waals surface area contributed by atoms with E-state index < -0.39 is 9.84 Å². The number of aryl methyl sites for hydroxylation is 1. The SMILES string of the molecule is Cc1ccc(S(=O)(=O)/C(C#N)=C/c2ccc(N3CCCCC3)cc2)cc1.